The van der Waals surface area contributed by atoms with Gasteiger partial charge in [0.25, 0.3) is 5.91 Å². The van der Waals surface area contributed by atoms with Gasteiger partial charge < -0.3 is 14.2 Å². The summed E-state index contributed by atoms with van der Waals surface area (Å²) >= 11 is 0. The van der Waals surface area contributed by atoms with E-state index in [-0.39, 0.29) is 5.91 Å². The molecular weight excluding hydrogens is 294 g/mol. The van der Waals surface area contributed by atoms with Crippen LogP contribution in [-0.4, -0.2) is 22.4 Å². The summed E-state index contributed by atoms with van der Waals surface area (Å²) in [5, 5.41) is 2.81. The summed E-state index contributed by atoms with van der Waals surface area (Å²) < 4.78 is 10.7. The van der Waals surface area contributed by atoms with E-state index in [0.29, 0.717) is 36.2 Å². The van der Waals surface area contributed by atoms with Crippen LogP contribution in [0, 0.1) is 13.8 Å². The topological polar surface area (TPSA) is 81.2 Å². The van der Waals surface area contributed by atoms with E-state index < -0.39 is 0 Å². The van der Waals surface area contributed by atoms with Crippen molar-refractivity contribution in [1.82, 2.24) is 15.3 Å². The first-order chi connectivity index (χ1) is 11.1. The van der Waals surface area contributed by atoms with Gasteiger partial charge in [0.2, 0.25) is 5.89 Å². The molecule has 0 aliphatic carbocycles. The Labute approximate surface area is 133 Å². The van der Waals surface area contributed by atoms with Gasteiger partial charge in [0, 0.05) is 25.5 Å². The van der Waals surface area contributed by atoms with Crippen LogP contribution in [0.15, 0.2) is 45.4 Å². The number of carbonyl (C=O) groups is 1. The number of nitrogens with one attached hydrogen (secondary N) is 1. The number of nitrogens with zero attached hydrogens (tertiary/aromatic N) is 2. The molecule has 0 saturated carbocycles. The van der Waals surface area contributed by atoms with Crippen LogP contribution in [0.5, 0.6) is 0 Å². The summed E-state index contributed by atoms with van der Waals surface area (Å²) in [7, 11) is 0. The molecule has 0 fully saturated rings. The molecule has 1 aromatic carbocycles. The second kappa shape index (κ2) is 6.48. The largest absolute Gasteiger partial charge is 0.445 e. The first-order valence-electron chi connectivity index (χ1n) is 7.35. The fourth-order valence-corrected chi connectivity index (χ4v) is 2.26. The monoisotopic (exact) mass is 311 g/mol. The van der Waals surface area contributed by atoms with Crippen molar-refractivity contribution in [1.29, 1.82) is 0 Å². The average molecular weight is 311 g/mol. The molecule has 118 valence electrons. The normalized spacial score (nSPS) is 10.7. The van der Waals surface area contributed by atoms with E-state index in [0.717, 1.165) is 11.3 Å². The lowest BCUT2D eigenvalue weighted by Gasteiger charge is -2.01. The standard InChI is InChI=1S/C17H17N3O3/c1-11-15(19-12(2)23-11)16(21)18-9-8-14-10-22-17(20-14)13-6-4-3-5-7-13/h3-7,10H,8-9H2,1-2H3,(H,18,21). The summed E-state index contributed by atoms with van der Waals surface area (Å²) in [4.78, 5) is 20.5. The Morgan fingerprint density at radius 3 is 2.65 bits per heavy atom. The zero-order valence-electron chi connectivity index (χ0n) is 13.0. The Hall–Kier alpha value is -2.89. The van der Waals surface area contributed by atoms with Crippen LogP contribution in [0.3, 0.4) is 0 Å². The molecule has 0 atom stereocenters. The van der Waals surface area contributed by atoms with Crippen LogP contribution in [0.25, 0.3) is 11.5 Å². The summed E-state index contributed by atoms with van der Waals surface area (Å²) in [6.45, 7) is 3.88. The van der Waals surface area contributed by atoms with Crippen molar-refractivity contribution < 1.29 is 13.6 Å². The highest BCUT2D eigenvalue weighted by Crippen LogP contribution is 2.18. The number of rotatable bonds is 5. The maximum absolute atomic E-state index is 12.0. The predicted molar refractivity (Wildman–Crippen MR) is 84.0 cm³/mol. The molecule has 0 saturated heterocycles. The summed E-state index contributed by atoms with van der Waals surface area (Å²) in [5.41, 5.74) is 2.04. The number of oxazole rings is 2. The fourth-order valence-electron chi connectivity index (χ4n) is 2.26. The van der Waals surface area contributed by atoms with Crippen LogP contribution < -0.4 is 5.32 Å². The third-order valence-electron chi connectivity index (χ3n) is 3.36. The van der Waals surface area contributed by atoms with Gasteiger partial charge in [0.05, 0.1) is 5.69 Å². The fraction of sp³-hybridized carbons (Fsp3) is 0.235. The van der Waals surface area contributed by atoms with Gasteiger partial charge in [-0.05, 0) is 19.1 Å². The predicted octanol–water partition coefficient (Wildman–Crippen LogP) is 2.92. The molecule has 0 aliphatic rings. The van der Waals surface area contributed by atoms with E-state index >= 15 is 0 Å². The highest BCUT2D eigenvalue weighted by molar-refractivity contribution is 5.93. The maximum atomic E-state index is 12.0. The van der Waals surface area contributed by atoms with E-state index in [1.807, 2.05) is 30.3 Å². The molecule has 0 aliphatic heterocycles. The summed E-state index contributed by atoms with van der Waals surface area (Å²) in [6.07, 6.45) is 2.19. The minimum atomic E-state index is -0.244. The van der Waals surface area contributed by atoms with Crippen molar-refractivity contribution in [2.24, 2.45) is 0 Å². The van der Waals surface area contributed by atoms with Crippen LogP contribution in [0.1, 0.15) is 27.8 Å². The smallest absolute Gasteiger partial charge is 0.273 e. The van der Waals surface area contributed by atoms with Crippen molar-refractivity contribution in [3.63, 3.8) is 0 Å². The maximum Gasteiger partial charge on any atom is 0.273 e. The number of benzene rings is 1. The molecule has 0 bridgehead atoms. The number of aryl methyl sites for hydroxylation is 2. The van der Waals surface area contributed by atoms with Crippen LogP contribution >= 0.6 is 0 Å². The molecule has 0 unspecified atom stereocenters. The van der Waals surface area contributed by atoms with E-state index in [4.69, 9.17) is 8.83 Å². The van der Waals surface area contributed by atoms with Crippen LogP contribution in [-0.2, 0) is 6.42 Å². The van der Waals surface area contributed by atoms with Gasteiger partial charge >= 0.3 is 0 Å². The Kier molecular flexibility index (Phi) is 4.23. The minimum Gasteiger partial charge on any atom is -0.445 e. The molecule has 0 spiro atoms. The molecular formula is C17H17N3O3. The molecule has 6 heteroatoms. The number of hydrogen-bond acceptors (Lipinski definition) is 5. The second-order valence-electron chi connectivity index (χ2n) is 5.15. The zero-order valence-corrected chi connectivity index (χ0v) is 13.0. The number of amides is 1. The molecule has 6 nitrogen and oxygen atoms in total. The van der Waals surface area contributed by atoms with Crippen molar-refractivity contribution in [3.8, 4) is 11.5 Å². The highest BCUT2D eigenvalue weighted by atomic mass is 16.4. The van der Waals surface area contributed by atoms with E-state index in [9.17, 15) is 4.79 Å². The van der Waals surface area contributed by atoms with Gasteiger partial charge in [0.1, 0.15) is 12.0 Å². The van der Waals surface area contributed by atoms with Crippen molar-refractivity contribution in [2.45, 2.75) is 20.3 Å². The quantitative estimate of drug-likeness (QED) is 0.783. The van der Waals surface area contributed by atoms with E-state index in [2.05, 4.69) is 15.3 Å². The third-order valence-corrected chi connectivity index (χ3v) is 3.36. The molecule has 2 heterocycles. The first-order valence-corrected chi connectivity index (χ1v) is 7.35. The Morgan fingerprint density at radius 2 is 1.96 bits per heavy atom. The van der Waals surface area contributed by atoms with Gasteiger partial charge in [-0.1, -0.05) is 18.2 Å². The van der Waals surface area contributed by atoms with Crippen molar-refractivity contribution in [2.75, 3.05) is 6.54 Å². The molecule has 3 rings (SSSR count). The van der Waals surface area contributed by atoms with Crippen molar-refractivity contribution in [3.05, 3.63) is 59.6 Å². The zero-order chi connectivity index (χ0) is 16.2. The number of hydrogen-bond donors (Lipinski definition) is 1. The van der Waals surface area contributed by atoms with Crippen LogP contribution in [0.2, 0.25) is 0 Å². The Bertz CT molecular complexity index is 806. The molecule has 23 heavy (non-hydrogen) atoms. The Balaban J connectivity index is 1.56. The summed E-state index contributed by atoms with van der Waals surface area (Å²) in [5.74, 6) is 1.34. The lowest BCUT2D eigenvalue weighted by atomic mass is 10.2. The van der Waals surface area contributed by atoms with Gasteiger partial charge in [0.15, 0.2) is 11.6 Å². The lowest BCUT2D eigenvalue weighted by Crippen LogP contribution is -2.26. The molecule has 1 N–H and O–H groups in total. The minimum absolute atomic E-state index is 0.244. The number of aromatic nitrogens is 2. The Morgan fingerprint density at radius 1 is 1.17 bits per heavy atom. The van der Waals surface area contributed by atoms with E-state index in [1.165, 1.54) is 0 Å². The lowest BCUT2D eigenvalue weighted by molar-refractivity contribution is 0.0948. The summed E-state index contributed by atoms with van der Waals surface area (Å²) in [6, 6.07) is 9.68. The number of carbonyl (C=O) groups excluding carboxylic acids is 1. The van der Waals surface area contributed by atoms with E-state index in [1.54, 1.807) is 20.1 Å². The van der Waals surface area contributed by atoms with Crippen LogP contribution in [0.4, 0.5) is 0 Å². The molecule has 1 amide bonds. The molecule has 3 aromatic rings. The second-order valence-corrected chi connectivity index (χ2v) is 5.15. The van der Waals surface area contributed by atoms with Gasteiger partial charge in [-0.2, -0.15) is 0 Å². The highest BCUT2D eigenvalue weighted by Gasteiger charge is 2.15. The SMILES string of the molecule is Cc1nc(C(=O)NCCc2coc(-c3ccccc3)n2)c(C)o1. The average Bonchev–Trinajstić information content (AvgIpc) is 3.14. The van der Waals surface area contributed by atoms with Gasteiger partial charge in [-0.25, -0.2) is 9.97 Å². The first kappa shape index (κ1) is 15.0. The third kappa shape index (κ3) is 3.48. The van der Waals surface area contributed by atoms with Crippen molar-refractivity contribution >= 4 is 5.91 Å². The molecule has 2 aromatic heterocycles. The van der Waals surface area contributed by atoms with Gasteiger partial charge in [-0.3, -0.25) is 4.79 Å². The molecule has 0 radical (unpaired) electrons. The van der Waals surface area contributed by atoms with Gasteiger partial charge in [-0.15, -0.1) is 0 Å².